The zero-order valence-electron chi connectivity index (χ0n) is 6.08. The van der Waals surface area contributed by atoms with E-state index in [0.29, 0.717) is 5.69 Å². The van der Waals surface area contributed by atoms with E-state index < -0.39 is 0 Å². The monoisotopic (exact) mass is 153 g/mol. The highest BCUT2D eigenvalue weighted by Crippen LogP contribution is 2.10. The Labute approximate surface area is 64.1 Å². The molecule has 0 saturated carbocycles. The lowest BCUT2D eigenvalue weighted by Gasteiger charge is -1.96. The highest BCUT2D eigenvalue weighted by Gasteiger charge is 1.92. The average Bonchev–Trinajstić information content (AvgIpc) is 2.02. The van der Waals surface area contributed by atoms with E-state index in [4.69, 9.17) is 16.5 Å². The number of halogens is 1. The molecule has 3 nitrogen and oxygen atoms in total. The Balaban J connectivity index is 0.000000461. The second-order valence-corrected chi connectivity index (χ2v) is 2.00. The molecule has 2 N–H and O–H groups in total. The molecule has 0 bridgehead atoms. The van der Waals surface area contributed by atoms with Gasteiger partial charge in [0, 0.05) is 16.5 Å². The Morgan fingerprint density at radius 3 is 2.27 bits per heavy atom. The van der Waals surface area contributed by atoms with Crippen molar-refractivity contribution in [1.29, 1.82) is 10.8 Å². The molecule has 0 aliphatic heterocycles. The first kappa shape index (κ1) is 9.37. The third-order valence-electron chi connectivity index (χ3n) is 1.23. The molecule has 1 aromatic carbocycles. The maximum atomic E-state index is 12.3. The summed E-state index contributed by atoms with van der Waals surface area (Å²) < 4.78 is 12.3. The van der Waals surface area contributed by atoms with Crippen LogP contribution in [0.15, 0.2) is 18.2 Å². The van der Waals surface area contributed by atoms with Crippen LogP contribution in [-0.4, -0.2) is 0 Å². The third kappa shape index (κ3) is 2.63. The number of nitrogens with zero attached hydrogens (tertiary/aromatic N) is 2. The van der Waals surface area contributed by atoms with E-state index in [1.165, 1.54) is 12.1 Å². The van der Waals surface area contributed by atoms with Crippen LogP contribution in [0.25, 0.3) is 0 Å². The lowest BCUT2D eigenvalue weighted by Crippen LogP contribution is -1.88. The molecule has 1 aromatic rings. The van der Waals surface area contributed by atoms with Gasteiger partial charge in [0.25, 0.3) is 0 Å². The van der Waals surface area contributed by atoms with E-state index in [2.05, 4.69) is 0 Å². The Bertz CT molecular complexity index is 257. The number of anilines is 1. The minimum Gasteiger partial charge on any atom is -0.399 e. The van der Waals surface area contributed by atoms with Crippen LogP contribution < -0.4 is 5.73 Å². The van der Waals surface area contributed by atoms with E-state index in [1.54, 1.807) is 13.0 Å². The number of hydrogen-bond donors (Lipinski definition) is 1. The minimum atomic E-state index is -0.235. The van der Waals surface area contributed by atoms with Gasteiger partial charge in [-0.05, 0) is 30.7 Å². The van der Waals surface area contributed by atoms with E-state index in [9.17, 15) is 4.39 Å². The quantitative estimate of drug-likeness (QED) is 0.455. The number of hydrogen-bond acceptors (Lipinski definition) is 3. The molecule has 0 unspecified atom stereocenters. The summed E-state index contributed by atoms with van der Waals surface area (Å²) in [6, 6.07) is 4.32. The third-order valence-corrected chi connectivity index (χ3v) is 1.23. The second-order valence-electron chi connectivity index (χ2n) is 2.00. The van der Waals surface area contributed by atoms with Gasteiger partial charge in [0.05, 0.1) is 0 Å². The summed E-state index contributed by atoms with van der Waals surface area (Å²) in [5, 5.41) is 12.0. The number of nitrogen functional groups attached to an aromatic ring is 1. The van der Waals surface area contributed by atoms with Gasteiger partial charge < -0.3 is 5.73 Å². The Morgan fingerprint density at radius 2 is 1.91 bits per heavy atom. The number of aryl methyl sites for hydroxylation is 1. The van der Waals surface area contributed by atoms with Crippen molar-refractivity contribution >= 4 is 5.69 Å². The average molecular weight is 153 g/mol. The van der Waals surface area contributed by atoms with Crippen LogP contribution >= 0.6 is 0 Å². The summed E-state index contributed by atoms with van der Waals surface area (Å²) in [4.78, 5) is 0. The maximum absolute atomic E-state index is 12.3. The van der Waals surface area contributed by atoms with Crippen molar-refractivity contribution in [3.05, 3.63) is 29.6 Å². The summed E-state index contributed by atoms with van der Waals surface area (Å²) >= 11 is 0. The number of rotatable bonds is 0. The fourth-order valence-electron chi connectivity index (χ4n) is 0.639. The van der Waals surface area contributed by atoms with Crippen LogP contribution in [-0.2, 0) is 0 Å². The summed E-state index contributed by atoms with van der Waals surface area (Å²) in [7, 11) is 0. The highest BCUT2D eigenvalue weighted by molar-refractivity contribution is 5.45. The van der Waals surface area contributed by atoms with E-state index in [1.807, 2.05) is 0 Å². The molecular formula is C7H8FN3. The fraction of sp³-hybridized carbons (Fsp3) is 0.143. The Morgan fingerprint density at radius 1 is 1.36 bits per heavy atom. The molecule has 0 fully saturated rings. The van der Waals surface area contributed by atoms with Gasteiger partial charge in [0.2, 0.25) is 0 Å². The van der Waals surface area contributed by atoms with Crippen LogP contribution in [0.2, 0.25) is 0 Å². The second kappa shape index (κ2) is 4.23. The lowest BCUT2D eigenvalue weighted by atomic mass is 10.2. The van der Waals surface area contributed by atoms with Crippen LogP contribution in [0.1, 0.15) is 5.56 Å². The zero-order chi connectivity index (χ0) is 8.85. The fourth-order valence-corrected chi connectivity index (χ4v) is 0.639. The topological polar surface area (TPSA) is 73.6 Å². The molecule has 0 heterocycles. The molecular weight excluding hydrogens is 145 g/mol. The summed E-state index contributed by atoms with van der Waals surface area (Å²) in [6.45, 7) is 1.78. The first-order chi connectivity index (χ1) is 5.20. The molecule has 0 aliphatic rings. The van der Waals surface area contributed by atoms with Gasteiger partial charge >= 0.3 is 0 Å². The van der Waals surface area contributed by atoms with Gasteiger partial charge in [-0.2, -0.15) is 0 Å². The van der Waals surface area contributed by atoms with Crippen LogP contribution in [0.5, 0.6) is 0 Å². The molecule has 0 aliphatic carbocycles. The molecule has 11 heavy (non-hydrogen) atoms. The normalized spacial score (nSPS) is 8.00. The summed E-state index contributed by atoms with van der Waals surface area (Å²) in [5.41, 5.74) is 6.84. The van der Waals surface area contributed by atoms with E-state index >= 15 is 0 Å². The number of benzene rings is 1. The summed E-state index contributed by atoms with van der Waals surface area (Å²) in [6.07, 6.45) is 0. The molecule has 4 heteroatoms. The van der Waals surface area contributed by atoms with Gasteiger partial charge in [-0.3, -0.25) is 0 Å². The van der Waals surface area contributed by atoms with Crippen LogP contribution in [0, 0.1) is 23.5 Å². The van der Waals surface area contributed by atoms with Gasteiger partial charge in [-0.15, -0.1) is 0 Å². The first-order valence-corrected chi connectivity index (χ1v) is 2.92. The minimum absolute atomic E-state index is 0.235. The molecule has 0 amide bonds. The molecule has 0 spiro atoms. The Hall–Kier alpha value is -1.63. The lowest BCUT2D eigenvalue weighted by molar-refractivity contribution is 0.627. The SMILES string of the molecule is Cc1cc(F)ccc1N.N#N. The van der Waals surface area contributed by atoms with Crippen molar-refractivity contribution in [2.45, 2.75) is 6.92 Å². The van der Waals surface area contributed by atoms with E-state index in [-0.39, 0.29) is 5.82 Å². The van der Waals surface area contributed by atoms with Crippen molar-refractivity contribution in [2.75, 3.05) is 5.73 Å². The van der Waals surface area contributed by atoms with Crippen LogP contribution in [0.4, 0.5) is 10.1 Å². The maximum Gasteiger partial charge on any atom is 0.123 e. The predicted octanol–water partition coefficient (Wildman–Crippen LogP) is 1.75. The highest BCUT2D eigenvalue weighted by atomic mass is 19.1. The molecule has 0 saturated heterocycles. The number of nitrogens with two attached hydrogens (primary N) is 1. The zero-order valence-corrected chi connectivity index (χ0v) is 6.08. The molecule has 58 valence electrons. The van der Waals surface area contributed by atoms with Crippen LogP contribution in [0.3, 0.4) is 0 Å². The molecule has 0 aromatic heterocycles. The van der Waals surface area contributed by atoms with Crippen molar-refractivity contribution < 1.29 is 4.39 Å². The van der Waals surface area contributed by atoms with E-state index in [0.717, 1.165) is 5.56 Å². The van der Waals surface area contributed by atoms with Gasteiger partial charge in [0.15, 0.2) is 0 Å². The summed E-state index contributed by atoms with van der Waals surface area (Å²) in [5.74, 6) is -0.235. The van der Waals surface area contributed by atoms with Crippen molar-refractivity contribution in [2.24, 2.45) is 0 Å². The predicted molar refractivity (Wildman–Crippen MR) is 39.0 cm³/mol. The standard InChI is InChI=1S/C7H8FN.N2/c1-5-4-6(8)2-3-7(5)9;1-2/h2-4H,9H2,1H3;. The molecule has 0 atom stereocenters. The van der Waals surface area contributed by atoms with Crippen molar-refractivity contribution in [3.63, 3.8) is 0 Å². The Kier molecular flexibility index (Phi) is 3.60. The van der Waals surface area contributed by atoms with Gasteiger partial charge in [0.1, 0.15) is 5.82 Å². The molecule has 1 rings (SSSR count). The first-order valence-electron chi connectivity index (χ1n) is 2.92. The van der Waals surface area contributed by atoms with Crippen molar-refractivity contribution in [3.8, 4) is 0 Å². The molecule has 0 radical (unpaired) electrons. The smallest absolute Gasteiger partial charge is 0.123 e. The van der Waals surface area contributed by atoms with Gasteiger partial charge in [-0.1, -0.05) is 0 Å². The van der Waals surface area contributed by atoms with Gasteiger partial charge in [-0.25, -0.2) is 4.39 Å². The van der Waals surface area contributed by atoms with Crippen molar-refractivity contribution in [1.82, 2.24) is 0 Å². The largest absolute Gasteiger partial charge is 0.399 e.